The molecule has 0 aliphatic carbocycles. The number of carbonyl (C=O) groups is 1. The molecule has 0 amide bonds. The van der Waals surface area contributed by atoms with Crippen LogP contribution in [0.25, 0.3) is 11.8 Å². The average Bonchev–Trinajstić information content (AvgIpc) is 2.82. The van der Waals surface area contributed by atoms with E-state index >= 15 is 0 Å². The average molecular weight is 263 g/mol. The van der Waals surface area contributed by atoms with Crippen molar-refractivity contribution in [3.05, 3.63) is 77.1 Å². The quantitative estimate of drug-likeness (QED) is 0.616. The fourth-order valence-corrected chi connectivity index (χ4v) is 1.97. The second-order valence-corrected chi connectivity index (χ2v) is 4.62. The first-order chi connectivity index (χ1) is 9.72. The summed E-state index contributed by atoms with van der Waals surface area (Å²) in [6.07, 6.45) is 5.17. The number of rotatable bonds is 2. The van der Waals surface area contributed by atoms with Crippen molar-refractivity contribution in [2.75, 3.05) is 0 Å². The topological polar surface area (TPSA) is 39.2 Å². The first-order valence-corrected chi connectivity index (χ1v) is 6.36. The van der Waals surface area contributed by atoms with Crippen LogP contribution >= 0.6 is 0 Å². The first kappa shape index (κ1) is 12.4. The van der Waals surface area contributed by atoms with Crippen molar-refractivity contribution in [1.82, 2.24) is 4.98 Å². The van der Waals surface area contributed by atoms with Gasteiger partial charge in [0.25, 0.3) is 0 Å². The summed E-state index contributed by atoms with van der Waals surface area (Å²) in [6, 6.07) is 13.4. The van der Waals surface area contributed by atoms with Crippen molar-refractivity contribution >= 4 is 17.8 Å². The van der Waals surface area contributed by atoms with Gasteiger partial charge in [0.1, 0.15) is 5.76 Å². The van der Waals surface area contributed by atoms with E-state index in [0.717, 1.165) is 11.3 Å². The highest BCUT2D eigenvalue weighted by molar-refractivity contribution is 6.04. The normalized spacial score (nSPS) is 16.1. The number of aromatic nitrogens is 1. The molecule has 20 heavy (non-hydrogen) atoms. The highest BCUT2D eigenvalue weighted by Gasteiger charge is 2.21. The Labute approximate surface area is 117 Å². The van der Waals surface area contributed by atoms with Gasteiger partial charge in [0, 0.05) is 11.8 Å². The SMILES string of the molecule is Cc1ccc(C2=C/C(=C\c3ccccn3)C(=O)O2)cc1. The second-order valence-electron chi connectivity index (χ2n) is 4.62. The molecule has 1 aromatic heterocycles. The number of nitrogens with zero attached hydrogens (tertiary/aromatic N) is 1. The summed E-state index contributed by atoms with van der Waals surface area (Å²) in [4.78, 5) is 16.0. The van der Waals surface area contributed by atoms with Gasteiger partial charge in [-0.1, -0.05) is 35.9 Å². The maximum atomic E-state index is 11.9. The molecule has 1 aliphatic rings. The zero-order chi connectivity index (χ0) is 13.9. The molecular weight excluding hydrogens is 250 g/mol. The maximum Gasteiger partial charge on any atom is 0.343 e. The van der Waals surface area contributed by atoms with Crippen LogP contribution in [-0.2, 0) is 9.53 Å². The Kier molecular flexibility index (Phi) is 3.17. The molecule has 0 spiro atoms. The first-order valence-electron chi connectivity index (χ1n) is 6.36. The minimum atomic E-state index is -0.341. The Morgan fingerprint density at radius 3 is 2.60 bits per heavy atom. The molecule has 2 aromatic rings. The Balaban J connectivity index is 1.93. The fourth-order valence-electron chi connectivity index (χ4n) is 1.97. The summed E-state index contributed by atoms with van der Waals surface area (Å²) in [5.41, 5.74) is 3.32. The zero-order valence-corrected chi connectivity index (χ0v) is 11.0. The summed E-state index contributed by atoms with van der Waals surface area (Å²) in [5.74, 6) is 0.239. The van der Waals surface area contributed by atoms with Crippen molar-refractivity contribution in [1.29, 1.82) is 0 Å². The van der Waals surface area contributed by atoms with Gasteiger partial charge in [-0.3, -0.25) is 4.98 Å². The summed E-state index contributed by atoms with van der Waals surface area (Å²) >= 11 is 0. The van der Waals surface area contributed by atoms with Gasteiger partial charge in [-0.25, -0.2) is 4.79 Å². The molecule has 0 saturated carbocycles. The van der Waals surface area contributed by atoms with E-state index in [1.807, 2.05) is 49.4 Å². The molecule has 0 N–H and O–H groups in total. The van der Waals surface area contributed by atoms with Crippen molar-refractivity contribution in [2.24, 2.45) is 0 Å². The number of hydrogen-bond acceptors (Lipinski definition) is 3. The van der Waals surface area contributed by atoms with Crippen molar-refractivity contribution in [2.45, 2.75) is 6.92 Å². The van der Waals surface area contributed by atoms with Gasteiger partial charge >= 0.3 is 5.97 Å². The number of pyridine rings is 1. The lowest BCUT2D eigenvalue weighted by Crippen LogP contribution is -1.97. The van der Waals surface area contributed by atoms with Crippen LogP contribution in [0.5, 0.6) is 0 Å². The number of ether oxygens (including phenoxy) is 1. The minimum Gasteiger partial charge on any atom is -0.422 e. The molecule has 3 nitrogen and oxygen atoms in total. The molecular formula is C17H13NO2. The molecule has 2 heterocycles. The van der Waals surface area contributed by atoms with Gasteiger partial charge < -0.3 is 4.74 Å². The monoisotopic (exact) mass is 263 g/mol. The van der Waals surface area contributed by atoms with Gasteiger partial charge in [0.15, 0.2) is 0 Å². The third-order valence-electron chi connectivity index (χ3n) is 3.05. The van der Waals surface area contributed by atoms with E-state index in [2.05, 4.69) is 4.98 Å². The van der Waals surface area contributed by atoms with E-state index in [1.165, 1.54) is 5.56 Å². The van der Waals surface area contributed by atoms with Crippen LogP contribution in [0, 0.1) is 6.92 Å². The minimum absolute atomic E-state index is 0.341. The van der Waals surface area contributed by atoms with Crippen LogP contribution in [0.4, 0.5) is 0 Å². The lowest BCUT2D eigenvalue weighted by atomic mass is 10.1. The van der Waals surface area contributed by atoms with Crippen LogP contribution in [0.15, 0.2) is 60.3 Å². The smallest absolute Gasteiger partial charge is 0.343 e. The van der Waals surface area contributed by atoms with E-state index < -0.39 is 0 Å². The van der Waals surface area contributed by atoms with Crippen LogP contribution in [0.1, 0.15) is 16.8 Å². The standard InChI is InChI=1S/C17H13NO2/c1-12-5-7-13(8-6-12)16-11-14(17(19)20-16)10-15-4-2-3-9-18-15/h2-11H,1H3/b14-10+. The van der Waals surface area contributed by atoms with Crippen LogP contribution in [0.2, 0.25) is 0 Å². The third-order valence-corrected chi connectivity index (χ3v) is 3.05. The summed E-state index contributed by atoms with van der Waals surface area (Å²) < 4.78 is 5.30. The summed E-state index contributed by atoms with van der Waals surface area (Å²) in [7, 11) is 0. The second kappa shape index (κ2) is 5.13. The molecule has 3 rings (SSSR count). The third kappa shape index (κ3) is 2.52. The summed E-state index contributed by atoms with van der Waals surface area (Å²) in [6.45, 7) is 2.02. The molecule has 0 atom stereocenters. The van der Waals surface area contributed by atoms with E-state index in [1.54, 1.807) is 18.3 Å². The van der Waals surface area contributed by atoms with Crippen LogP contribution in [0.3, 0.4) is 0 Å². The van der Waals surface area contributed by atoms with Crippen LogP contribution in [-0.4, -0.2) is 11.0 Å². The number of aryl methyl sites for hydroxylation is 1. The Hall–Kier alpha value is -2.68. The van der Waals surface area contributed by atoms with E-state index in [0.29, 0.717) is 11.3 Å². The van der Waals surface area contributed by atoms with E-state index in [-0.39, 0.29) is 5.97 Å². The van der Waals surface area contributed by atoms with Crippen LogP contribution < -0.4 is 0 Å². The number of carbonyl (C=O) groups excluding carboxylic acids is 1. The lowest BCUT2D eigenvalue weighted by Gasteiger charge is -2.01. The molecule has 0 radical (unpaired) electrons. The van der Waals surface area contributed by atoms with E-state index in [4.69, 9.17) is 4.74 Å². The zero-order valence-electron chi connectivity index (χ0n) is 11.0. The molecule has 1 aliphatic heterocycles. The number of hydrogen-bond donors (Lipinski definition) is 0. The number of benzene rings is 1. The maximum absolute atomic E-state index is 11.9. The molecule has 0 bridgehead atoms. The molecule has 0 saturated heterocycles. The Morgan fingerprint density at radius 2 is 1.90 bits per heavy atom. The molecule has 3 heteroatoms. The fraction of sp³-hybridized carbons (Fsp3) is 0.0588. The highest BCUT2D eigenvalue weighted by atomic mass is 16.5. The van der Waals surface area contributed by atoms with Crippen molar-refractivity contribution in [3.63, 3.8) is 0 Å². The molecule has 1 aromatic carbocycles. The van der Waals surface area contributed by atoms with Gasteiger partial charge in [-0.2, -0.15) is 0 Å². The molecule has 98 valence electrons. The number of cyclic esters (lactones) is 1. The number of esters is 1. The van der Waals surface area contributed by atoms with Crippen molar-refractivity contribution in [3.8, 4) is 0 Å². The Morgan fingerprint density at radius 1 is 1.10 bits per heavy atom. The molecule has 0 fully saturated rings. The lowest BCUT2D eigenvalue weighted by molar-refractivity contribution is -0.130. The van der Waals surface area contributed by atoms with Gasteiger partial charge in [-0.15, -0.1) is 0 Å². The van der Waals surface area contributed by atoms with Crippen molar-refractivity contribution < 1.29 is 9.53 Å². The summed E-state index contributed by atoms with van der Waals surface area (Å²) in [5, 5.41) is 0. The molecule has 0 unspecified atom stereocenters. The Bertz CT molecular complexity index is 698. The highest BCUT2D eigenvalue weighted by Crippen LogP contribution is 2.27. The largest absolute Gasteiger partial charge is 0.422 e. The van der Waals surface area contributed by atoms with E-state index in [9.17, 15) is 4.79 Å². The van der Waals surface area contributed by atoms with Gasteiger partial charge in [0.2, 0.25) is 0 Å². The predicted octanol–water partition coefficient (Wildman–Crippen LogP) is 3.37. The predicted molar refractivity (Wildman–Crippen MR) is 77.5 cm³/mol. The van der Waals surface area contributed by atoms with Gasteiger partial charge in [0.05, 0.1) is 11.3 Å². The van der Waals surface area contributed by atoms with Gasteiger partial charge in [-0.05, 0) is 31.2 Å².